The van der Waals surface area contributed by atoms with Gasteiger partial charge in [-0.1, -0.05) is 72.8 Å². The van der Waals surface area contributed by atoms with E-state index in [2.05, 4.69) is 10.3 Å². The van der Waals surface area contributed by atoms with Gasteiger partial charge in [-0.25, -0.2) is 4.99 Å². The molecule has 0 spiro atoms. The Bertz CT molecular complexity index is 1470. The normalized spacial score (nSPS) is 14.9. The summed E-state index contributed by atoms with van der Waals surface area (Å²) < 4.78 is 17.7. The molecular formula is C31H26N2O4S. The zero-order chi connectivity index (χ0) is 26.2. The molecule has 0 radical (unpaired) electrons. The molecule has 1 saturated heterocycles. The van der Waals surface area contributed by atoms with Crippen LogP contribution in [0.2, 0.25) is 0 Å². The smallest absolute Gasteiger partial charge is 0.264 e. The van der Waals surface area contributed by atoms with Crippen LogP contribution in [0.25, 0.3) is 6.08 Å². The van der Waals surface area contributed by atoms with Crippen LogP contribution in [0.3, 0.4) is 0 Å². The van der Waals surface area contributed by atoms with Crippen molar-refractivity contribution in [2.75, 3.05) is 7.11 Å². The zero-order valence-corrected chi connectivity index (χ0v) is 21.6. The van der Waals surface area contributed by atoms with Gasteiger partial charge in [0.25, 0.3) is 5.91 Å². The summed E-state index contributed by atoms with van der Waals surface area (Å²) >= 11 is 1.31. The Balaban J connectivity index is 1.26. The summed E-state index contributed by atoms with van der Waals surface area (Å²) in [5.74, 6) is 1.80. The lowest BCUT2D eigenvalue weighted by Gasteiger charge is -2.14. The van der Waals surface area contributed by atoms with Crippen molar-refractivity contribution in [3.05, 3.63) is 125 Å². The van der Waals surface area contributed by atoms with Crippen molar-refractivity contribution in [2.45, 2.75) is 13.2 Å². The molecular weight excluding hydrogens is 496 g/mol. The SMILES string of the molecule is COc1cc(COc2ccccc2/C=C2/SC(=Nc3ccccc3)NC2=O)ccc1OCc1ccccc1. The maximum atomic E-state index is 12.6. The third-order valence-electron chi connectivity index (χ3n) is 5.70. The molecule has 1 N–H and O–H groups in total. The van der Waals surface area contributed by atoms with Crippen LogP contribution in [0.1, 0.15) is 16.7 Å². The molecule has 7 heteroatoms. The molecule has 190 valence electrons. The Morgan fingerprint density at radius 2 is 1.45 bits per heavy atom. The van der Waals surface area contributed by atoms with E-state index in [1.165, 1.54) is 11.8 Å². The van der Waals surface area contributed by atoms with Crippen molar-refractivity contribution in [1.82, 2.24) is 5.32 Å². The van der Waals surface area contributed by atoms with Gasteiger partial charge in [-0.15, -0.1) is 0 Å². The second kappa shape index (κ2) is 12.2. The third-order valence-corrected chi connectivity index (χ3v) is 6.61. The van der Waals surface area contributed by atoms with Crippen molar-refractivity contribution >= 4 is 34.6 Å². The van der Waals surface area contributed by atoms with E-state index in [0.29, 0.717) is 40.5 Å². The Morgan fingerprint density at radius 3 is 2.24 bits per heavy atom. The topological polar surface area (TPSA) is 69.2 Å². The summed E-state index contributed by atoms with van der Waals surface area (Å²) in [6.45, 7) is 0.786. The van der Waals surface area contributed by atoms with Crippen molar-refractivity contribution in [2.24, 2.45) is 4.99 Å². The second-order valence-corrected chi connectivity index (χ2v) is 9.43. The number of nitrogens with zero attached hydrogens (tertiary/aromatic N) is 1. The Kier molecular flexibility index (Phi) is 8.06. The summed E-state index contributed by atoms with van der Waals surface area (Å²) in [7, 11) is 1.62. The van der Waals surface area contributed by atoms with Crippen molar-refractivity contribution in [1.29, 1.82) is 0 Å². The predicted octanol–water partition coefficient (Wildman–Crippen LogP) is 6.74. The number of ether oxygens (including phenoxy) is 3. The number of methoxy groups -OCH3 is 1. The summed E-state index contributed by atoms with van der Waals surface area (Å²) in [6, 6.07) is 32.9. The lowest BCUT2D eigenvalue weighted by Crippen LogP contribution is -2.19. The number of benzene rings is 4. The number of hydrogen-bond donors (Lipinski definition) is 1. The molecule has 0 saturated carbocycles. The van der Waals surface area contributed by atoms with Crippen LogP contribution >= 0.6 is 11.8 Å². The van der Waals surface area contributed by atoms with Crippen LogP contribution in [0.5, 0.6) is 17.2 Å². The molecule has 4 aromatic rings. The van der Waals surface area contributed by atoms with E-state index in [1.807, 2.05) is 109 Å². The molecule has 0 atom stereocenters. The lowest BCUT2D eigenvalue weighted by atomic mass is 10.1. The minimum absolute atomic E-state index is 0.185. The van der Waals surface area contributed by atoms with Gasteiger partial charge < -0.3 is 19.5 Å². The van der Waals surface area contributed by atoms with Crippen molar-refractivity contribution in [3.63, 3.8) is 0 Å². The molecule has 1 amide bonds. The first-order valence-electron chi connectivity index (χ1n) is 12.1. The fourth-order valence-corrected chi connectivity index (χ4v) is 4.62. The van der Waals surface area contributed by atoms with E-state index < -0.39 is 0 Å². The van der Waals surface area contributed by atoms with Crippen molar-refractivity contribution < 1.29 is 19.0 Å². The monoisotopic (exact) mass is 522 g/mol. The first kappa shape index (κ1) is 25.2. The predicted molar refractivity (Wildman–Crippen MR) is 152 cm³/mol. The van der Waals surface area contributed by atoms with Gasteiger partial charge >= 0.3 is 0 Å². The van der Waals surface area contributed by atoms with Gasteiger partial charge in [0.1, 0.15) is 19.0 Å². The molecule has 4 aromatic carbocycles. The molecule has 0 bridgehead atoms. The van der Waals surface area contributed by atoms with Crippen molar-refractivity contribution in [3.8, 4) is 17.2 Å². The number of carbonyl (C=O) groups excluding carboxylic acids is 1. The first-order chi connectivity index (χ1) is 18.7. The van der Waals surface area contributed by atoms with Crippen LogP contribution in [0.15, 0.2) is 113 Å². The highest BCUT2D eigenvalue weighted by atomic mass is 32.2. The van der Waals surface area contributed by atoms with E-state index in [1.54, 1.807) is 7.11 Å². The minimum Gasteiger partial charge on any atom is -0.493 e. The van der Waals surface area contributed by atoms with Gasteiger partial charge in [0.2, 0.25) is 0 Å². The number of rotatable bonds is 9. The van der Waals surface area contributed by atoms with E-state index in [-0.39, 0.29) is 5.91 Å². The fraction of sp³-hybridized carbons (Fsp3) is 0.0968. The highest BCUT2D eigenvalue weighted by Gasteiger charge is 2.24. The van der Waals surface area contributed by atoms with Crippen LogP contribution in [0.4, 0.5) is 5.69 Å². The molecule has 0 aromatic heterocycles. The average Bonchev–Trinajstić information content (AvgIpc) is 3.30. The Morgan fingerprint density at radius 1 is 0.763 bits per heavy atom. The number of aliphatic imine (C=N–C) groups is 1. The van der Waals surface area contributed by atoms with E-state index in [4.69, 9.17) is 14.2 Å². The number of amidine groups is 1. The number of nitrogens with one attached hydrogen (secondary N) is 1. The van der Waals surface area contributed by atoms with Crippen LogP contribution in [-0.2, 0) is 18.0 Å². The lowest BCUT2D eigenvalue weighted by molar-refractivity contribution is -0.115. The summed E-state index contributed by atoms with van der Waals surface area (Å²) in [5, 5.41) is 3.38. The zero-order valence-electron chi connectivity index (χ0n) is 20.8. The molecule has 0 unspecified atom stereocenters. The quantitative estimate of drug-likeness (QED) is 0.247. The second-order valence-electron chi connectivity index (χ2n) is 8.40. The largest absolute Gasteiger partial charge is 0.493 e. The molecule has 0 aliphatic carbocycles. The Hall–Kier alpha value is -4.49. The minimum atomic E-state index is -0.185. The molecule has 5 rings (SSSR count). The molecule has 38 heavy (non-hydrogen) atoms. The van der Waals surface area contributed by atoms with Crippen LogP contribution in [0, 0.1) is 0 Å². The standard InChI is InChI=1S/C31H26N2O4S/c1-35-28-18-23(16-17-27(28)37-20-22-10-4-2-5-11-22)21-36-26-15-9-8-12-24(26)19-29-30(34)33-31(38-29)32-25-13-6-3-7-14-25/h2-19H,20-21H2,1H3,(H,32,33,34)/b29-19+. The van der Waals surface area contributed by atoms with Gasteiger partial charge in [-0.2, -0.15) is 0 Å². The number of para-hydroxylation sites is 2. The first-order valence-corrected chi connectivity index (χ1v) is 12.9. The molecule has 1 aliphatic rings. The summed E-state index contributed by atoms with van der Waals surface area (Å²) in [5.41, 5.74) is 3.61. The van der Waals surface area contributed by atoms with Crippen LogP contribution < -0.4 is 19.5 Å². The highest BCUT2D eigenvalue weighted by Crippen LogP contribution is 2.32. The van der Waals surface area contributed by atoms with E-state index in [9.17, 15) is 4.79 Å². The highest BCUT2D eigenvalue weighted by molar-refractivity contribution is 8.18. The number of hydrogen-bond acceptors (Lipinski definition) is 6. The van der Waals surface area contributed by atoms with Gasteiger partial charge in [-0.3, -0.25) is 4.79 Å². The van der Waals surface area contributed by atoms with Gasteiger partial charge in [0.15, 0.2) is 16.7 Å². The number of carbonyl (C=O) groups is 1. The fourth-order valence-electron chi connectivity index (χ4n) is 3.79. The maximum absolute atomic E-state index is 12.6. The van der Waals surface area contributed by atoms with Gasteiger partial charge in [0, 0.05) is 5.56 Å². The molecule has 1 heterocycles. The molecule has 1 fully saturated rings. The average molecular weight is 523 g/mol. The van der Waals surface area contributed by atoms with Gasteiger partial charge in [0.05, 0.1) is 17.7 Å². The number of thioether (sulfide) groups is 1. The van der Waals surface area contributed by atoms with Gasteiger partial charge in [-0.05, 0) is 59.3 Å². The molecule has 6 nitrogen and oxygen atoms in total. The summed E-state index contributed by atoms with van der Waals surface area (Å²) in [6.07, 6.45) is 1.82. The Labute approximate surface area is 226 Å². The molecule has 1 aliphatic heterocycles. The summed E-state index contributed by atoms with van der Waals surface area (Å²) in [4.78, 5) is 17.6. The maximum Gasteiger partial charge on any atom is 0.264 e. The number of amides is 1. The van der Waals surface area contributed by atoms with E-state index in [0.717, 1.165) is 22.4 Å². The van der Waals surface area contributed by atoms with Crippen LogP contribution in [-0.4, -0.2) is 18.2 Å². The third kappa shape index (κ3) is 6.44. The van der Waals surface area contributed by atoms with E-state index >= 15 is 0 Å².